The van der Waals surface area contributed by atoms with Crippen LogP contribution in [-0.2, 0) is 10.2 Å². The van der Waals surface area contributed by atoms with Gasteiger partial charge in [-0.2, -0.15) is 26.3 Å². The van der Waals surface area contributed by atoms with Crippen LogP contribution in [0.3, 0.4) is 0 Å². The number of aryl methyl sites for hydroxylation is 1. The van der Waals surface area contributed by atoms with Gasteiger partial charge in [0.25, 0.3) is 0 Å². The Balaban J connectivity index is 3.72. The van der Waals surface area contributed by atoms with E-state index in [2.05, 4.69) is 6.58 Å². The molecule has 1 aromatic carbocycles. The Morgan fingerprint density at radius 3 is 1.96 bits per heavy atom. The lowest BCUT2D eigenvalue weighted by Gasteiger charge is -2.37. The van der Waals surface area contributed by atoms with Gasteiger partial charge in [0.2, 0.25) is 0 Å². The van der Waals surface area contributed by atoms with Gasteiger partial charge >= 0.3 is 12.4 Å². The molecular weight excluding hydrogens is 326 g/mol. The molecular formula is C15H14F6O2. The first-order valence-corrected chi connectivity index (χ1v) is 6.36. The lowest BCUT2D eigenvalue weighted by Crippen LogP contribution is -2.55. The Labute approximate surface area is 128 Å². The van der Waals surface area contributed by atoms with E-state index in [0.29, 0.717) is 12.1 Å². The minimum Gasteiger partial charge on any atom is -0.508 e. The highest BCUT2D eigenvalue weighted by Crippen LogP contribution is 2.55. The van der Waals surface area contributed by atoms with Crippen molar-refractivity contribution >= 4 is 5.78 Å². The van der Waals surface area contributed by atoms with Gasteiger partial charge in [0.1, 0.15) is 5.75 Å². The molecule has 0 heterocycles. The van der Waals surface area contributed by atoms with Crippen LogP contribution in [0.15, 0.2) is 30.4 Å². The molecule has 8 heteroatoms. The second kappa shape index (κ2) is 5.90. The van der Waals surface area contributed by atoms with Crippen LogP contribution in [0.5, 0.6) is 5.75 Å². The van der Waals surface area contributed by atoms with Gasteiger partial charge in [0, 0.05) is 6.42 Å². The third-order valence-electron chi connectivity index (χ3n) is 3.56. The molecule has 1 rings (SSSR count). The van der Waals surface area contributed by atoms with E-state index in [1.165, 1.54) is 0 Å². The predicted molar refractivity (Wildman–Crippen MR) is 71.1 cm³/mol. The van der Waals surface area contributed by atoms with E-state index in [9.17, 15) is 36.2 Å². The van der Waals surface area contributed by atoms with E-state index < -0.39 is 46.9 Å². The van der Waals surface area contributed by atoms with Crippen LogP contribution in [-0.4, -0.2) is 23.2 Å². The number of rotatable bonds is 4. The number of allylic oxidation sites excluding steroid dienone is 1. The number of Topliss-reactive ketones (excluding diaryl/α,β-unsaturated/α-hetero) is 1. The smallest absolute Gasteiger partial charge is 0.407 e. The normalized spacial score (nSPS) is 13.0. The van der Waals surface area contributed by atoms with Crippen molar-refractivity contribution in [3.8, 4) is 5.75 Å². The standard InChI is InChI=1S/C15H14F6O2/c1-8(2)12(23)7-13(14(16,17)18,15(19,20)21)10-4-5-11(22)9(3)6-10/h4-6,22H,1,7H2,2-3H3. The Morgan fingerprint density at radius 1 is 1.13 bits per heavy atom. The summed E-state index contributed by atoms with van der Waals surface area (Å²) in [5.74, 6) is -1.79. The second-order valence-electron chi connectivity index (χ2n) is 5.28. The molecule has 0 spiro atoms. The molecule has 0 saturated heterocycles. The molecule has 0 aliphatic heterocycles. The minimum atomic E-state index is -5.76. The molecule has 0 atom stereocenters. The van der Waals surface area contributed by atoms with Crippen molar-refractivity contribution in [2.24, 2.45) is 0 Å². The first-order chi connectivity index (χ1) is 10.2. The van der Waals surface area contributed by atoms with Gasteiger partial charge in [0.15, 0.2) is 11.2 Å². The fourth-order valence-corrected chi connectivity index (χ4v) is 2.10. The van der Waals surface area contributed by atoms with Gasteiger partial charge in [-0.1, -0.05) is 18.7 Å². The summed E-state index contributed by atoms with van der Waals surface area (Å²) in [4.78, 5) is 11.6. The highest BCUT2D eigenvalue weighted by atomic mass is 19.4. The molecule has 2 nitrogen and oxygen atoms in total. The Kier molecular flexibility index (Phi) is 4.89. The zero-order valence-corrected chi connectivity index (χ0v) is 12.3. The van der Waals surface area contributed by atoms with Gasteiger partial charge in [-0.3, -0.25) is 4.79 Å². The predicted octanol–water partition coefficient (Wildman–Crippen LogP) is 4.60. The van der Waals surface area contributed by atoms with Crippen molar-refractivity contribution in [2.75, 3.05) is 0 Å². The third kappa shape index (κ3) is 3.35. The number of halogens is 6. The van der Waals surface area contributed by atoms with Crippen molar-refractivity contribution < 1.29 is 36.2 Å². The molecule has 0 unspecified atom stereocenters. The molecule has 0 aromatic heterocycles. The number of benzene rings is 1. The number of carbonyl (C=O) groups is 1. The molecule has 0 bridgehead atoms. The Morgan fingerprint density at radius 2 is 1.61 bits per heavy atom. The molecule has 0 amide bonds. The number of hydrogen-bond donors (Lipinski definition) is 1. The van der Waals surface area contributed by atoms with E-state index in [4.69, 9.17) is 0 Å². The van der Waals surface area contributed by atoms with Gasteiger partial charge in [-0.05, 0) is 36.6 Å². The van der Waals surface area contributed by atoms with E-state index in [0.717, 1.165) is 19.9 Å². The lowest BCUT2D eigenvalue weighted by atomic mass is 9.73. The maximum Gasteiger partial charge on any atom is 0.407 e. The first kappa shape index (κ1) is 19.1. The van der Waals surface area contributed by atoms with Crippen LogP contribution in [0, 0.1) is 6.92 Å². The second-order valence-corrected chi connectivity index (χ2v) is 5.28. The van der Waals surface area contributed by atoms with E-state index in [1.807, 2.05) is 0 Å². The molecule has 0 saturated carbocycles. The summed E-state index contributed by atoms with van der Waals surface area (Å²) in [6, 6.07) is 1.85. The summed E-state index contributed by atoms with van der Waals surface area (Å²) < 4.78 is 80.7. The number of ketones is 1. The van der Waals surface area contributed by atoms with Gasteiger partial charge in [-0.25, -0.2) is 0 Å². The van der Waals surface area contributed by atoms with Crippen LogP contribution < -0.4 is 0 Å². The molecule has 0 aliphatic rings. The average molecular weight is 340 g/mol. The van der Waals surface area contributed by atoms with Gasteiger partial charge in [0.05, 0.1) is 0 Å². The summed E-state index contributed by atoms with van der Waals surface area (Å²) in [5, 5.41) is 9.34. The molecule has 128 valence electrons. The lowest BCUT2D eigenvalue weighted by molar-refractivity contribution is -0.303. The third-order valence-corrected chi connectivity index (χ3v) is 3.56. The maximum absolute atomic E-state index is 13.4. The van der Waals surface area contributed by atoms with E-state index in [-0.39, 0.29) is 5.56 Å². The van der Waals surface area contributed by atoms with Crippen molar-refractivity contribution in [1.82, 2.24) is 0 Å². The van der Waals surface area contributed by atoms with Crippen LogP contribution >= 0.6 is 0 Å². The van der Waals surface area contributed by atoms with Crippen molar-refractivity contribution in [2.45, 2.75) is 38.0 Å². The number of aromatic hydroxyl groups is 1. The van der Waals surface area contributed by atoms with Crippen LogP contribution in [0.1, 0.15) is 24.5 Å². The van der Waals surface area contributed by atoms with Crippen molar-refractivity contribution in [3.63, 3.8) is 0 Å². The fraction of sp³-hybridized carbons (Fsp3) is 0.400. The summed E-state index contributed by atoms with van der Waals surface area (Å²) in [6.45, 7) is 5.31. The molecule has 1 aromatic rings. The number of alkyl halides is 6. The molecule has 1 N–H and O–H groups in total. The fourth-order valence-electron chi connectivity index (χ4n) is 2.10. The minimum absolute atomic E-state index is 0.164. The Bertz CT molecular complexity index is 614. The highest BCUT2D eigenvalue weighted by Gasteiger charge is 2.72. The van der Waals surface area contributed by atoms with Gasteiger partial charge < -0.3 is 5.11 Å². The summed E-state index contributed by atoms with van der Waals surface area (Å²) in [5.41, 5.74) is -6.09. The summed E-state index contributed by atoms with van der Waals surface area (Å²) >= 11 is 0. The molecule has 0 fully saturated rings. The van der Waals surface area contributed by atoms with Crippen LogP contribution in [0.25, 0.3) is 0 Å². The van der Waals surface area contributed by atoms with Gasteiger partial charge in [-0.15, -0.1) is 0 Å². The first-order valence-electron chi connectivity index (χ1n) is 6.36. The maximum atomic E-state index is 13.4. The zero-order valence-electron chi connectivity index (χ0n) is 12.3. The Hall–Kier alpha value is -1.99. The molecule has 23 heavy (non-hydrogen) atoms. The highest BCUT2D eigenvalue weighted by molar-refractivity contribution is 5.95. The number of phenols is 1. The summed E-state index contributed by atoms with van der Waals surface area (Å²) in [7, 11) is 0. The van der Waals surface area contributed by atoms with Crippen molar-refractivity contribution in [1.29, 1.82) is 0 Å². The quantitative estimate of drug-likeness (QED) is 0.643. The van der Waals surface area contributed by atoms with E-state index in [1.54, 1.807) is 0 Å². The number of carbonyl (C=O) groups excluding carboxylic acids is 1. The SMILES string of the molecule is C=C(C)C(=O)CC(c1ccc(O)c(C)c1)(C(F)(F)F)C(F)(F)F. The summed E-state index contributed by atoms with van der Waals surface area (Å²) in [6.07, 6.45) is -13.4. The van der Waals surface area contributed by atoms with Crippen LogP contribution in [0.4, 0.5) is 26.3 Å². The van der Waals surface area contributed by atoms with E-state index >= 15 is 0 Å². The monoisotopic (exact) mass is 340 g/mol. The number of hydrogen-bond acceptors (Lipinski definition) is 2. The average Bonchev–Trinajstić information content (AvgIpc) is 2.35. The number of phenolic OH excluding ortho intramolecular Hbond substituents is 1. The molecule has 0 radical (unpaired) electrons. The van der Waals surface area contributed by atoms with Crippen molar-refractivity contribution in [3.05, 3.63) is 41.5 Å². The zero-order chi connectivity index (χ0) is 18.2. The van der Waals surface area contributed by atoms with Crippen LogP contribution in [0.2, 0.25) is 0 Å². The molecule has 0 aliphatic carbocycles. The largest absolute Gasteiger partial charge is 0.508 e. The topological polar surface area (TPSA) is 37.3 Å².